The largest absolute Gasteiger partial charge is 0.495 e. The quantitative estimate of drug-likeness (QED) is 0.821. The van der Waals surface area contributed by atoms with Crippen LogP contribution in [0.25, 0.3) is 10.1 Å². The normalized spacial score (nSPS) is 10.8. The first-order valence-corrected chi connectivity index (χ1v) is 5.34. The smallest absolute Gasteiger partial charge is 0.136 e. The average molecular weight is 207 g/mol. The monoisotopic (exact) mass is 207 g/mol. The molecule has 0 amide bonds. The summed E-state index contributed by atoms with van der Waals surface area (Å²) >= 11 is 1.75. The van der Waals surface area contributed by atoms with Gasteiger partial charge in [-0.15, -0.1) is 11.3 Å². The Hall–Kier alpha value is -1.06. The third-order valence-corrected chi connectivity index (χ3v) is 3.59. The predicted molar refractivity (Wildman–Crippen MR) is 61.0 cm³/mol. The highest BCUT2D eigenvalue weighted by Gasteiger charge is 2.10. The Balaban J connectivity index is 2.79. The van der Waals surface area contributed by atoms with Gasteiger partial charge in [-0.05, 0) is 18.6 Å². The molecular formula is C11H13NOS. The summed E-state index contributed by atoms with van der Waals surface area (Å²) in [5.74, 6) is 0.940. The Bertz CT molecular complexity index is 462. The lowest BCUT2D eigenvalue weighted by Crippen LogP contribution is -1.96. The average Bonchev–Trinajstić information content (AvgIpc) is 2.52. The van der Waals surface area contributed by atoms with Crippen molar-refractivity contribution in [3.63, 3.8) is 0 Å². The number of fused-ring (bicyclic) bond motifs is 1. The molecule has 2 aromatic rings. The molecule has 2 rings (SSSR count). The van der Waals surface area contributed by atoms with Gasteiger partial charge in [0.25, 0.3) is 0 Å². The van der Waals surface area contributed by atoms with Gasteiger partial charge in [0.2, 0.25) is 0 Å². The molecule has 0 spiro atoms. The summed E-state index contributed by atoms with van der Waals surface area (Å²) in [6, 6.07) is 6.09. The Kier molecular flexibility index (Phi) is 2.44. The van der Waals surface area contributed by atoms with Crippen LogP contribution in [-0.4, -0.2) is 7.11 Å². The number of nitrogens with two attached hydrogens (primary N) is 1. The van der Waals surface area contributed by atoms with Crippen molar-refractivity contribution in [3.05, 3.63) is 28.6 Å². The summed E-state index contributed by atoms with van der Waals surface area (Å²) in [7, 11) is 1.70. The lowest BCUT2D eigenvalue weighted by atomic mass is 10.1. The van der Waals surface area contributed by atoms with Crippen LogP contribution in [0.3, 0.4) is 0 Å². The summed E-state index contributed by atoms with van der Waals surface area (Å²) in [4.78, 5) is 1.28. The minimum Gasteiger partial charge on any atom is -0.495 e. The Morgan fingerprint density at radius 3 is 2.86 bits per heavy atom. The summed E-state index contributed by atoms with van der Waals surface area (Å²) < 4.78 is 6.51. The van der Waals surface area contributed by atoms with Gasteiger partial charge in [0, 0.05) is 16.8 Å². The van der Waals surface area contributed by atoms with Gasteiger partial charge in [0.05, 0.1) is 11.8 Å². The zero-order chi connectivity index (χ0) is 10.1. The standard InChI is InChI=1S/C11H13NOS/c1-7-9(6-12)8-4-3-5-10(13-2)11(8)14-7/h3-5H,6,12H2,1-2H3. The number of benzene rings is 1. The molecule has 3 heteroatoms. The number of hydrogen-bond donors (Lipinski definition) is 1. The molecule has 1 heterocycles. The number of ether oxygens (including phenoxy) is 1. The molecule has 1 aromatic heterocycles. The van der Waals surface area contributed by atoms with Gasteiger partial charge >= 0.3 is 0 Å². The molecule has 2 nitrogen and oxygen atoms in total. The number of aryl methyl sites for hydroxylation is 1. The zero-order valence-electron chi connectivity index (χ0n) is 8.33. The Morgan fingerprint density at radius 1 is 1.43 bits per heavy atom. The molecule has 0 unspecified atom stereocenters. The van der Waals surface area contributed by atoms with Gasteiger partial charge < -0.3 is 10.5 Å². The minimum atomic E-state index is 0.596. The molecule has 0 aliphatic carbocycles. The molecule has 0 atom stereocenters. The summed E-state index contributed by atoms with van der Waals surface area (Å²) in [6.07, 6.45) is 0. The van der Waals surface area contributed by atoms with Crippen molar-refractivity contribution in [1.82, 2.24) is 0 Å². The molecule has 74 valence electrons. The molecule has 1 aromatic carbocycles. The Morgan fingerprint density at radius 2 is 2.21 bits per heavy atom. The van der Waals surface area contributed by atoms with E-state index in [0.717, 1.165) is 5.75 Å². The van der Waals surface area contributed by atoms with Gasteiger partial charge in [-0.25, -0.2) is 0 Å². The second-order valence-electron chi connectivity index (χ2n) is 3.18. The molecule has 0 fully saturated rings. The summed E-state index contributed by atoms with van der Waals surface area (Å²) in [6.45, 7) is 2.70. The molecule has 0 bridgehead atoms. The van der Waals surface area contributed by atoms with Crippen LogP contribution in [0.1, 0.15) is 10.4 Å². The number of hydrogen-bond acceptors (Lipinski definition) is 3. The van der Waals surface area contributed by atoms with Crippen molar-refractivity contribution >= 4 is 21.4 Å². The van der Waals surface area contributed by atoms with E-state index in [-0.39, 0.29) is 0 Å². The fourth-order valence-electron chi connectivity index (χ4n) is 1.68. The van der Waals surface area contributed by atoms with E-state index in [0.29, 0.717) is 6.54 Å². The maximum absolute atomic E-state index is 5.72. The number of thiophene rings is 1. The van der Waals surface area contributed by atoms with E-state index in [1.54, 1.807) is 18.4 Å². The molecule has 0 saturated heterocycles. The zero-order valence-corrected chi connectivity index (χ0v) is 9.15. The van der Waals surface area contributed by atoms with Gasteiger partial charge in [-0.1, -0.05) is 12.1 Å². The first kappa shape index (κ1) is 9.49. The second-order valence-corrected chi connectivity index (χ2v) is 4.40. The lowest BCUT2D eigenvalue weighted by molar-refractivity contribution is 0.420. The molecule has 0 radical (unpaired) electrons. The van der Waals surface area contributed by atoms with Crippen molar-refractivity contribution in [3.8, 4) is 5.75 Å². The number of methoxy groups -OCH3 is 1. The Labute approximate surface area is 87.3 Å². The van der Waals surface area contributed by atoms with Crippen LogP contribution in [0, 0.1) is 6.92 Å². The van der Waals surface area contributed by atoms with Crippen LogP contribution in [0.2, 0.25) is 0 Å². The molecule has 14 heavy (non-hydrogen) atoms. The maximum atomic E-state index is 5.72. The lowest BCUT2D eigenvalue weighted by Gasteiger charge is -2.00. The van der Waals surface area contributed by atoms with Gasteiger partial charge in [0.1, 0.15) is 5.75 Å². The highest BCUT2D eigenvalue weighted by atomic mass is 32.1. The van der Waals surface area contributed by atoms with Crippen LogP contribution in [-0.2, 0) is 6.54 Å². The highest BCUT2D eigenvalue weighted by molar-refractivity contribution is 7.19. The van der Waals surface area contributed by atoms with Gasteiger partial charge in [-0.3, -0.25) is 0 Å². The van der Waals surface area contributed by atoms with Crippen LogP contribution in [0.5, 0.6) is 5.75 Å². The van der Waals surface area contributed by atoms with E-state index >= 15 is 0 Å². The van der Waals surface area contributed by atoms with E-state index in [1.165, 1.54) is 20.5 Å². The minimum absolute atomic E-state index is 0.596. The van der Waals surface area contributed by atoms with Crippen LogP contribution in [0.4, 0.5) is 0 Å². The topological polar surface area (TPSA) is 35.2 Å². The fourth-order valence-corrected chi connectivity index (χ4v) is 2.85. The van der Waals surface area contributed by atoms with Crippen molar-refractivity contribution in [2.24, 2.45) is 5.73 Å². The van der Waals surface area contributed by atoms with Crippen LogP contribution in [0.15, 0.2) is 18.2 Å². The van der Waals surface area contributed by atoms with E-state index in [2.05, 4.69) is 13.0 Å². The first-order chi connectivity index (χ1) is 6.77. The van der Waals surface area contributed by atoms with E-state index in [9.17, 15) is 0 Å². The molecule has 0 aliphatic rings. The SMILES string of the molecule is COc1cccc2c(CN)c(C)sc12. The van der Waals surface area contributed by atoms with Gasteiger partial charge in [0.15, 0.2) is 0 Å². The molecule has 0 aliphatic heterocycles. The van der Waals surface area contributed by atoms with Crippen molar-refractivity contribution < 1.29 is 4.74 Å². The van der Waals surface area contributed by atoms with Crippen LogP contribution >= 0.6 is 11.3 Å². The van der Waals surface area contributed by atoms with E-state index in [4.69, 9.17) is 10.5 Å². The third kappa shape index (κ3) is 1.29. The third-order valence-electron chi connectivity index (χ3n) is 2.41. The predicted octanol–water partition coefficient (Wildman–Crippen LogP) is 2.68. The second kappa shape index (κ2) is 3.59. The van der Waals surface area contributed by atoms with Gasteiger partial charge in [-0.2, -0.15) is 0 Å². The maximum Gasteiger partial charge on any atom is 0.136 e. The first-order valence-electron chi connectivity index (χ1n) is 4.53. The van der Waals surface area contributed by atoms with Crippen molar-refractivity contribution in [1.29, 1.82) is 0 Å². The fraction of sp³-hybridized carbons (Fsp3) is 0.273. The highest BCUT2D eigenvalue weighted by Crippen LogP contribution is 2.36. The summed E-state index contributed by atoms with van der Waals surface area (Å²) in [5, 5.41) is 1.23. The van der Waals surface area contributed by atoms with Crippen molar-refractivity contribution in [2.75, 3.05) is 7.11 Å². The molecule has 2 N–H and O–H groups in total. The molecule has 0 saturated carbocycles. The van der Waals surface area contributed by atoms with Crippen molar-refractivity contribution in [2.45, 2.75) is 13.5 Å². The number of rotatable bonds is 2. The van der Waals surface area contributed by atoms with E-state index in [1.807, 2.05) is 12.1 Å². The molecular weight excluding hydrogens is 194 g/mol. The van der Waals surface area contributed by atoms with E-state index < -0.39 is 0 Å². The van der Waals surface area contributed by atoms with Crippen LogP contribution < -0.4 is 10.5 Å². The summed E-state index contributed by atoms with van der Waals surface area (Å²) in [5.41, 5.74) is 6.96.